The van der Waals surface area contributed by atoms with Crippen molar-refractivity contribution in [2.45, 2.75) is 46.2 Å². The summed E-state index contributed by atoms with van der Waals surface area (Å²) in [5.74, 6) is 0.487. The minimum absolute atomic E-state index is 0.0705. The van der Waals surface area contributed by atoms with E-state index in [1.165, 1.54) is 5.56 Å². The molecule has 0 N–H and O–H groups in total. The van der Waals surface area contributed by atoms with Crippen LogP contribution in [0.5, 0.6) is 0 Å². The SMILES string of the molecule is CC(C)CC(=O)N1CCCN(Cc2ccccc2)CCN(C(=O)Cc2ccc(Cl)cc2)Cc2ccccc21. The van der Waals surface area contributed by atoms with Gasteiger partial charge in [-0.1, -0.05) is 86.1 Å². The molecule has 0 radical (unpaired) electrons. The predicted octanol–water partition coefficient (Wildman–Crippen LogP) is 6.20. The number of carbonyl (C=O) groups excluding carboxylic acids is 2. The van der Waals surface area contributed by atoms with Crippen LogP contribution in [0.4, 0.5) is 5.69 Å². The van der Waals surface area contributed by atoms with E-state index in [4.69, 9.17) is 11.6 Å². The first-order valence-corrected chi connectivity index (χ1v) is 13.9. The average molecular weight is 532 g/mol. The van der Waals surface area contributed by atoms with E-state index in [2.05, 4.69) is 43.0 Å². The molecule has 0 fully saturated rings. The molecule has 3 aromatic rings. The minimum Gasteiger partial charge on any atom is -0.337 e. The van der Waals surface area contributed by atoms with Crippen LogP contribution in [0.1, 0.15) is 43.4 Å². The Hall–Kier alpha value is -3.15. The van der Waals surface area contributed by atoms with E-state index in [0.717, 1.165) is 42.9 Å². The highest BCUT2D eigenvalue weighted by atomic mass is 35.5. The summed E-state index contributed by atoms with van der Waals surface area (Å²) >= 11 is 6.06. The lowest BCUT2D eigenvalue weighted by molar-refractivity contribution is -0.131. The molecule has 1 heterocycles. The molecule has 1 aliphatic rings. The van der Waals surface area contributed by atoms with Crippen molar-refractivity contribution in [2.24, 2.45) is 5.92 Å². The molecule has 6 heteroatoms. The smallest absolute Gasteiger partial charge is 0.227 e. The third-order valence-electron chi connectivity index (χ3n) is 6.94. The van der Waals surface area contributed by atoms with Crippen molar-refractivity contribution in [1.82, 2.24) is 9.80 Å². The van der Waals surface area contributed by atoms with Crippen LogP contribution in [-0.4, -0.2) is 47.8 Å². The molecule has 0 saturated heterocycles. The van der Waals surface area contributed by atoms with Crippen LogP contribution in [0, 0.1) is 5.92 Å². The number of amides is 2. The molecule has 0 atom stereocenters. The van der Waals surface area contributed by atoms with E-state index in [1.807, 2.05) is 64.4 Å². The van der Waals surface area contributed by atoms with Crippen LogP contribution in [0.2, 0.25) is 5.02 Å². The number of anilines is 1. The number of halogens is 1. The lowest BCUT2D eigenvalue weighted by atomic mass is 10.1. The van der Waals surface area contributed by atoms with Gasteiger partial charge in [0, 0.05) is 56.4 Å². The molecule has 0 bridgehead atoms. The van der Waals surface area contributed by atoms with Gasteiger partial charge in [-0.2, -0.15) is 0 Å². The normalized spacial score (nSPS) is 15.2. The largest absolute Gasteiger partial charge is 0.337 e. The van der Waals surface area contributed by atoms with Crippen LogP contribution < -0.4 is 4.90 Å². The van der Waals surface area contributed by atoms with Gasteiger partial charge in [0.15, 0.2) is 0 Å². The highest BCUT2D eigenvalue weighted by Gasteiger charge is 2.24. The van der Waals surface area contributed by atoms with Crippen molar-refractivity contribution in [1.29, 1.82) is 0 Å². The number of hydrogen-bond donors (Lipinski definition) is 0. The molecule has 38 heavy (non-hydrogen) atoms. The van der Waals surface area contributed by atoms with Gasteiger partial charge in [0.05, 0.1) is 6.42 Å². The molecule has 200 valence electrons. The third-order valence-corrected chi connectivity index (χ3v) is 7.19. The molecule has 2 amide bonds. The van der Waals surface area contributed by atoms with Crippen molar-refractivity contribution in [3.05, 3.63) is 101 Å². The van der Waals surface area contributed by atoms with Crippen molar-refractivity contribution >= 4 is 29.1 Å². The second-order valence-corrected chi connectivity index (χ2v) is 10.9. The van der Waals surface area contributed by atoms with E-state index in [9.17, 15) is 9.59 Å². The molecular weight excluding hydrogens is 494 g/mol. The first kappa shape index (κ1) is 27.9. The van der Waals surface area contributed by atoms with Gasteiger partial charge in [-0.15, -0.1) is 0 Å². The minimum atomic E-state index is 0.0705. The predicted molar refractivity (Wildman–Crippen MR) is 155 cm³/mol. The Kier molecular flexibility index (Phi) is 9.97. The summed E-state index contributed by atoms with van der Waals surface area (Å²) in [5, 5.41) is 0.660. The molecule has 4 rings (SSSR count). The van der Waals surface area contributed by atoms with Crippen molar-refractivity contribution in [3.63, 3.8) is 0 Å². The number of fused-ring (bicyclic) bond motifs is 1. The zero-order valence-corrected chi connectivity index (χ0v) is 23.2. The number of para-hydroxylation sites is 1. The first-order chi connectivity index (χ1) is 18.4. The van der Waals surface area contributed by atoms with Crippen molar-refractivity contribution < 1.29 is 9.59 Å². The summed E-state index contributed by atoms with van der Waals surface area (Å²) in [5.41, 5.74) is 4.11. The molecule has 0 saturated carbocycles. The Morgan fingerprint density at radius 1 is 0.789 bits per heavy atom. The summed E-state index contributed by atoms with van der Waals surface area (Å²) < 4.78 is 0. The highest BCUT2D eigenvalue weighted by Crippen LogP contribution is 2.25. The Morgan fingerprint density at radius 3 is 2.24 bits per heavy atom. The summed E-state index contributed by atoms with van der Waals surface area (Å²) in [4.78, 5) is 33.3. The summed E-state index contributed by atoms with van der Waals surface area (Å²) in [6.45, 7) is 8.33. The van der Waals surface area contributed by atoms with Gasteiger partial charge >= 0.3 is 0 Å². The van der Waals surface area contributed by atoms with E-state index >= 15 is 0 Å². The van der Waals surface area contributed by atoms with Gasteiger partial charge in [0.1, 0.15) is 0 Å². The van der Waals surface area contributed by atoms with E-state index < -0.39 is 0 Å². The third kappa shape index (κ3) is 7.92. The Balaban J connectivity index is 1.63. The molecule has 5 nitrogen and oxygen atoms in total. The van der Waals surface area contributed by atoms with Crippen molar-refractivity contribution in [2.75, 3.05) is 31.1 Å². The molecule has 0 aliphatic carbocycles. The maximum absolute atomic E-state index is 13.6. The molecule has 1 aliphatic heterocycles. The van der Waals surface area contributed by atoms with Crippen molar-refractivity contribution in [3.8, 4) is 0 Å². The van der Waals surface area contributed by atoms with Gasteiger partial charge in [-0.05, 0) is 47.2 Å². The van der Waals surface area contributed by atoms with Gasteiger partial charge in [-0.25, -0.2) is 0 Å². The molecule has 0 aromatic heterocycles. The zero-order valence-electron chi connectivity index (χ0n) is 22.5. The monoisotopic (exact) mass is 531 g/mol. The van der Waals surface area contributed by atoms with Crippen LogP contribution in [0.3, 0.4) is 0 Å². The van der Waals surface area contributed by atoms with E-state index in [0.29, 0.717) is 37.5 Å². The zero-order chi connectivity index (χ0) is 26.9. The topological polar surface area (TPSA) is 43.9 Å². The molecular formula is C32H38ClN3O2. The quantitative estimate of drug-likeness (QED) is 0.380. The maximum atomic E-state index is 13.6. The fourth-order valence-corrected chi connectivity index (χ4v) is 5.09. The fraction of sp³-hybridized carbons (Fsp3) is 0.375. The number of hydrogen-bond acceptors (Lipinski definition) is 3. The first-order valence-electron chi connectivity index (χ1n) is 13.6. The molecule has 0 spiro atoms. The van der Waals surface area contributed by atoms with Crippen LogP contribution in [0.15, 0.2) is 78.9 Å². The highest BCUT2D eigenvalue weighted by molar-refractivity contribution is 6.30. The van der Waals surface area contributed by atoms with Crippen LogP contribution in [0.25, 0.3) is 0 Å². The van der Waals surface area contributed by atoms with Gasteiger partial charge < -0.3 is 9.80 Å². The Labute approximate surface area is 232 Å². The maximum Gasteiger partial charge on any atom is 0.227 e. The number of carbonyl (C=O) groups is 2. The second kappa shape index (κ2) is 13.6. The molecule has 0 unspecified atom stereocenters. The second-order valence-electron chi connectivity index (χ2n) is 10.5. The van der Waals surface area contributed by atoms with Crippen LogP contribution >= 0.6 is 11.6 Å². The summed E-state index contributed by atoms with van der Waals surface area (Å²) in [6, 6.07) is 26.0. The van der Waals surface area contributed by atoms with E-state index in [1.54, 1.807) is 0 Å². The van der Waals surface area contributed by atoms with Gasteiger partial charge in [0.2, 0.25) is 11.8 Å². The number of nitrogens with zero attached hydrogens (tertiary/aromatic N) is 3. The van der Waals surface area contributed by atoms with Gasteiger partial charge in [-0.3, -0.25) is 14.5 Å². The van der Waals surface area contributed by atoms with Crippen LogP contribution in [-0.2, 0) is 29.1 Å². The number of benzene rings is 3. The standard InChI is InChI=1S/C32H38ClN3O2/c1-25(2)21-32(38)36-18-8-17-34(23-27-9-4-3-5-10-27)19-20-35(24-28-11-6-7-12-30(28)36)31(37)22-26-13-15-29(33)16-14-26/h3-7,9-16,25H,8,17-24H2,1-2H3. The lowest BCUT2D eigenvalue weighted by Gasteiger charge is -2.28. The molecule has 3 aromatic carbocycles. The summed E-state index contributed by atoms with van der Waals surface area (Å²) in [6.07, 6.45) is 1.68. The van der Waals surface area contributed by atoms with Gasteiger partial charge in [0.25, 0.3) is 0 Å². The Bertz CT molecular complexity index is 1200. The Morgan fingerprint density at radius 2 is 1.50 bits per heavy atom. The van der Waals surface area contributed by atoms with E-state index in [-0.39, 0.29) is 17.7 Å². The number of rotatable bonds is 6. The lowest BCUT2D eigenvalue weighted by Crippen LogP contribution is -2.39. The summed E-state index contributed by atoms with van der Waals surface area (Å²) in [7, 11) is 0. The fourth-order valence-electron chi connectivity index (χ4n) is 4.96. The average Bonchev–Trinajstić information content (AvgIpc) is 2.93.